The lowest BCUT2D eigenvalue weighted by atomic mass is 9.87. The smallest absolute Gasteiger partial charge is 0.306 e. The molecule has 0 unspecified atom stereocenters. The van der Waals surface area contributed by atoms with Crippen LogP contribution < -0.4 is 14.8 Å². The van der Waals surface area contributed by atoms with Crippen molar-refractivity contribution in [1.29, 1.82) is 0 Å². The average molecular weight is 550 g/mol. The minimum atomic E-state index is -0.735. The van der Waals surface area contributed by atoms with Crippen molar-refractivity contribution in [3.63, 3.8) is 0 Å². The first-order chi connectivity index (χ1) is 18.9. The highest BCUT2D eigenvalue weighted by atomic mass is 35.5. The number of halogens is 1. The number of aliphatic carboxylic acids is 1. The topological polar surface area (TPSA) is 102 Å². The van der Waals surface area contributed by atoms with Crippen molar-refractivity contribution < 1.29 is 29.0 Å². The highest BCUT2D eigenvalue weighted by Crippen LogP contribution is 2.28. The first-order valence-corrected chi connectivity index (χ1v) is 13.5. The quantitative estimate of drug-likeness (QED) is 0.202. The molecule has 39 heavy (non-hydrogen) atoms. The van der Waals surface area contributed by atoms with E-state index in [1.54, 1.807) is 48.5 Å². The van der Waals surface area contributed by atoms with Gasteiger partial charge in [0.25, 0.3) is 5.91 Å². The highest BCUT2D eigenvalue weighted by molar-refractivity contribution is 6.31. The maximum absolute atomic E-state index is 12.6. The van der Waals surface area contributed by atoms with Gasteiger partial charge in [-0.3, -0.25) is 14.4 Å². The van der Waals surface area contributed by atoms with Gasteiger partial charge in [0.2, 0.25) is 0 Å². The predicted molar refractivity (Wildman–Crippen MR) is 149 cm³/mol. The van der Waals surface area contributed by atoms with Crippen LogP contribution in [-0.2, 0) is 11.4 Å². The summed E-state index contributed by atoms with van der Waals surface area (Å²) in [5.41, 5.74) is 1.99. The molecule has 8 heteroatoms. The Morgan fingerprint density at radius 3 is 2.15 bits per heavy atom. The van der Waals surface area contributed by atoms with Gasteiger partial charge < -0.3 is 19.9 Å². The van der Waals surface area contributed by atoms with Crippen LogP contribution in [0, 0.1) is 5.92 Å². The molecule has 1 aliphatic carbocycles. The Labute approximate surface area is 233 Å². The Hall–Kier alpha value is -3.84. The molecule has 1 saturated carbocycles. The summed E-state index contributed by atoms with van der Waals surface area (Å²) in [6.07, 6.45) is 3.51. The van der Waals surface area contributed by atoms with E-state index in [2.05, 4.69) is 5.32 Å². The summed E-state index contributed by atoms with van der Waals surface area (Å²) in [7, 11) is 0. The van der Waals surface area contributed by atoms with E-state index in [-0.39, 0.29) is 23.7 Å². The molecule has 0 aromatic heterocycles. The first kappa shape index (κ1) is 28.2. The number of ether oxygens (including phenoxy) is 2. The van der Waals surface area contributed by atoms with Crippen LogP contribution in [0.1, 0.15) is 64.8 Å². The third-order valence-electron chi connectivity index (χ3n) is 6.84. The normalized spacial score (nSPS) is 16.7. The van der Waals surface area contributed by atoms with Gasteiger partial charge in [-0.05, 0) is 86.7 Å². The zero-order valence-electron chi connectivity index (χ0n) is 21.6. The molecule has 0 heterocycles. The predicted octanol–water partition coefficient (Wildman–Crippen LogP) is 6.33. The average Bonchev–Trinajstić information content (AvgIpc) is 2.95. The zero-order chi connectivity index (χ0) is 27.6. The minimum absolute atomic E-state index is 0.00205. The monoisotopic (exact) mass is 549 g/mol. The molecule has 0 bridgehead atoms. The van der Waals surface area contributed by atoms with Crippen LogP contribution in [-0.4, -0.2) is 35.4 Å². The second-order valence-electron chi connectivity index (χ2n) is 9.64. The Bertz CT molecular complexity index is 1270. The van der Waals surface area contributed by atoms with E-state index >= 15 is 0 Å². The number of hydrogen-bond acceptors (Lipinski definition) is 5. The van der Waals surface area contributed by atoms with Crippen molar-refractivity contribution in [3.8, 4) is 11.5 Å². The van der Waals surface area contributed by atoms with Crippen LogP contribution in [0.5, 0.6) is 11.5 Å². The molecule has 0 radical (unpaired) electrons. The Morgan fingerprint density at radius 2 is 1.49 bits per heavy atom. The van der Waals surface area contributed by atoms with Crippen molar-refractivity contribution in [3.05, 3.63) is 94.5 Å². The van der Waals surface area contributed by atoms with Gasteiger partial charge in [-0.1, -0.05) is 29.8 Å². The molecule has 7 nitrogen and oxygen atoms in total. The first-order valence-electron chi connectivity index (χ1n) is 13.2. The molecule has 0 spiro atoms. The van der Waals surface area contributed by atoms with E-state index in [1.165, 1.54) is 0 Å². The van der Waals surface area contributed by atoms with Crippen LogP contribution in [0.2, 0.25) is 5.02 Å². The Balaban J connectivity index is 1.14. The van der Waals surface area contributed by atoms with Gasteiger partial charge in [0, 0.05) is 34.7 Å². The van der Waals surface area contributed by atoms with Crippen LogP contribution >= 0.6 is 11.6 Å². The van der Waals surface area contributed by atoms with Crippen LogP contribution in [0.15, 0.2) is 72.8 Å². The van der Waals surface area contributed by atoms with Gasteiger partial charge in [-0.15, -0.1) is 0 Å². The largest absolute Gasteiger partial charge is 0.490 e. The van der Waals surface area contributed by atoms with Gasteiger partial charge >= 0.3 is 5.97 Å². The fourth-order valence-corrected chi connectivity index (χ4v) is 4.71. The van der Waals surface area contributed by atoms with Gasteiger partial charge in [0.15, 0.2) is 5.78 Å². The molecule has 1 fully saturated rings. The number of carbonyl (C=O) groups is 3. The maximum atomic E-state index is 12.6. The number of hydrogen-bond donors (Lipinski definition) is 2. The van der Waals surface area contributed by atoms with Gasteiger partial charge in [0.05, 0.1) is 12.0 Å². The van der Waals surface area contributed by atoms with Gasteiger partial charge in [-0.25, -0.2) is 0 Å². The summed E-state index contributed by atoms with van der Waals surface area (Å²) in [4.78, 5) is 36.1. The van der Waals surface area contributed by atoms with E-state index in [9.17, 15) is 14.4 Å². The molecule has 3 aromatic carbocycles. The van der Waals surface area contributed by atoms with Crippen molar-refractivity contribution in [2.45, 2.75) is 51.2 Å². The van der Waals surface area contributed by atoms with Crippen LogP contribution in [0.4, 0.5) is 0 Å². The summed E-state index contributed by atoms with van der Waals surface area (Å²) in [6.45, 7) is 0.722. The molecule has 4 rings (SSSR count). The SMILES string of the molecule is O=C(CCCNC(=O)c1ccc(OCc2ccccc2Cl)cc1)c1ccc(OC2CCC(C(=O)O)CC2)cc1. The number of carbonyl (C=O) groups excluding carboxylic acids is 2. The Kier molecular flexibility index (Phi) is 9.97. The van der Waals surface area contributed by atoms with Crippen molar-refractivity contribution in [1.82, 2.24) is 5.32 Å². The van der Waals surface area contributed by atoms with Crippen molar-refractivity contribution in [2.75, 3.05) is 6.54 Å². The lowest BCUT2D eigenvalue weighted by Gasteiger charge is -2.26. The lowest BCUT2D eigenvalue weighted by Crippen LogP contribution is -2.27. The second-order valence-corrected chi connectivity index (χ2v) is 10.0. The summed E-state index contributed by atoms with van der Waals surface area (Å²) >= 11 is 6.15. The van der Waals surface area contributed by atoms with Crippen LogP contribution in [0.3, 0.4) is 0 Å². The lowest BCUT2D eigenvalue weighted by molar-refractivity contribution is -0.143. The highest BCUT2D eigenvalue weighted by Gasteiger charge is 2.26. The van der Waals surface area contributed by atoms with Gasteiger partial charge in [-0.2, -0.15) is 0 Å². The number of rotatable bonds is 12. The molecular weight excluding hydrogens is 518 g/mol. The molecule has 0 atom stereocenters. The molecule has 1 aliphatic rings. The van der Waals surface area contributed by atoms with Crippen LogP contribution in [0.25, 0.3) is 0 Å². The third-order valence-corrected chi connectivity index (χ3v) is 7.21. The van der Waals surface area contributed by atoms with Gasteiger partial charge in [0.1, 0.15) is 18.1 Å². The molecule has 0 aliphatic heterocycles. The van der Waals surface area contributed by atoms with E-state index in [4.69, 9.17) is 26.2 Å². The summed E-state index contributed by atoms with van der Waals surface area (Å²) in [5, 5.41) is 12.6. The zero-order valence-corrected chi connectivity index (χ0v) is 22.4. The second kappa shape index (κ2) is 13.8. The van der Waals surface area contributed by atoms with E-state index in [0.29, 0.717) is 79.3 Å². The summed E-state index contributed by atoms with van der Waals surface area (Å²) in [5.74, 6) is 0.0929. The summed E-state index contributed by atoms with van der Waals surface area (Å²) < 4.78 is 11.7. The third kappa shape index (κ3) is 8.32. The Morgan fingerprint density at radius 1 is 0.846 bits per heavy atom. The number of carboxylic acids is 1. The number of Topliss-reactive ketones (excluding diaryl/α,β-unsaturated/α-hetero) is 1. The summed E-state index contributed by atoms with van der Waals surface area (Å²) in [6, 6.07) is 21.4. The molecule has 0 saturated heterocycles. The maximum Gasteiger partial charge on any atom is 0.306 e. The molecule has 3 aromatic rings. The fraction of sp³-hybridized carbons (Fsp3) is 0.323. The van der Waals surface area contributed by atoms with E-state index < -0.39 is 5.97 Å². The number of benzene rings is 3. The fourth-order valence-electron chi connectivity index (χ4n) is 4.52. The number of amides is 1. The molecule has 204 valence electrons. The standard InChI is InChI=1S/C31H32ClNO6/c32-28-5-2-1-4-24(28)20-38-25-13-9-22(10-14-25)30(35)33-19-3-6-29(34)21-7-15-26(16-8-21)39-27-17-11-23(12-18-27)31(36)37/h1-2,4-5,7-10,13-16,23,27H,3,6,11-12,17-20H2,(H,33,35)(H,36,37). The molecule has 1 amide bonds. The number of ketones is 1. The number of nitrogens with one attached hydrogen (secondary N) is 1. The molecular formula is C31H32ClNO6. The van der Waals surface area contributed by atoms with E-state index in [1.807, 2.05) is 24.3 Å². The number of carboxylic acid groups (broad SMARTS) is 1. The van der Waals surface area contributed by atoms with E-state index in [0.717, 1.165) is 5.56 Å². The minimum Gasteiger partial charge on any atom is -0.490 e. The van der Waals surface area contributed by atoms with Crippen molar-refractivity contribution >= 4 is 29.3 Å². The van der Waals surface area contributed by atoms with Crippen molar-refractivity contribution in [2.24, 2.45) is 5.92 Å². The molecule has 2 N–H and O–H groups in total.